The Kier molecular flexibility index (Phi) is 4.27. The van der Waals surface area contributed by atoms with E-state index in [1.165, 1.54) is 0 Å². The Morgan fingerprint density at radius 3 is 3.10 bits per heavy atom. The first kappa shape index (κ1) is 14.3. The van der Waals surface area contributed by atoms with Gasteiger partial charge >= 0.3 is 0 Å². The average Bonchev–Trinajstić information content (AvgIpc) is 2.91. The highest BCUT2D eigenvalue weighted by Gasteiger charge is 2.20. The quantitative estimate of drug-likeness (QED) is 0.694. The molecule has 0 radical (unpaired) electrons. The SMILES string of the molecule is NC1CCCN(c2n[nH]c(-c3cc(Br)ccc3I)n2)C1. The van der Waals surface area contributed by atoms with Gasteiger partial charge in [0.05, 0.1) is 0 Å². The Morgan fingerprint density at radius 2 is 2.30 bits per heavy atom. The van der Waals surface area contributed by atoms with Crippen LogP contribution in [0.4, 0.5) is 5.95 Å². The van der Waals surface area contributed by atoms with Gasteiger partial charge in [-0.05, 0) is 53.6 Å². The van der Waals surface area contributed by atoms with Gasteiger partial charge in [0, 0.05) is 32.7 Å². The van der Waals surface area contributed by atoms with Gasteiger partial charge in [0.1, 0.15) is 0 Å². The molecule has 1 atom stereocenters. The van der Waals surface area contributed by atoms with Crippen LogP contribution < -0.4 is 10.6 Å². The van der Waals surface area contributed by atoms with Crippen LogP contribution in [-0.2, 0) is 0 Å². The zero-order valence-corrected chi connectivity index (χ0v) is 14.6. The molecule has 0 saturated carbocycles. The number of nitrogens with one attached hydrogen (secondary N) is 1. The van der Waals surface area contributed by atoms with Crippen molar-refractivity contribution in [2.45, 2.75) is 18.9 Å². The highest BCUT2D eigenvalue weighted by atomic mass is 127. The number of piperidine rings is 1. The van der Waals surface area contributed by atoms with E-state index in [4.69, 9.17) is 5.73 Å². The van der Waals surface area contributed by atoms with Crippen LogP contribution in [0.1, 0.15) is 12.8 Å². The summed E-state index contributed by atoms with van der Waals surface area (Å²) in [5, 5.41) is 7.37. The lowest BCUT2D eigenvalue weighted by Crippen LogP contribution is -2.43. The Bertz CT molecular complexity index is 615. The molecule has 1 unspecified atom stereocenters. The first-order chi connectivity index (χ1) is 9.63. The number of aromatic amines is 1. The molecule has 1 aliphatic rings. The van der Waals surface area contributed by atoms with E-state index in [1.54, 1.807) is 0 Å². The third-order valence-electron chi connectivity index (χ3n) is 3.40. The van der Waals surface area contributed by atoms with Crippen molar-refractivity contribution in [2.24, 2.45) is 5.73 Å². The van der Waals surface area contributed by atoms with Crippen LogP contribution in [-0.4, -0.2) is 34.3 Å². The minimum absolute atomic E-state index is 0.219. The fraction of sp³-hybridized carbons (Fsp3) is 0.385. The Labute approximate surface area is 139 Å². The number of hydrogen-bond donors (Lipinski definition) is 2. The van der Waals surface area contributed by atoms with Gasteiger partial charge in [-0.25, -0.2) is 0 Å². The van der Waals surface area contributed by atoms with Crippen molar-refractivity contribution in [1.82, 2.24) is 15.2 Å². The molecule has 0 amide bonds. The largest absolute Gasteiger partial charge is 0.338 e. The molecule has 3 N–H and O–H groups in total. The minimum atomic E-state index is 0.219. The van der Waals surface area contributed by atoms with Crippen LogP contribution in [0.25, 0.3) is 11.4 Å². The summed E-state index contributed by atoms with van der Waals surface area (Å²) in [6.07, 6.45) is 2.18. The van der Waals surface area contributed by atoms with Crippen LogP contribution in [0.5, 0.6) is 0 Å². The zero-order valence-electron chi connectivity index (χ0n) is 10.8. The van der Waals surface area contributed by atoms with Crippen LogP contribution in [0, 0.1) is 3.57 Å². The molecule has 0 aliphatic carbocycles. The summed E-state index contributed by atoms with van der Waals surface area (Å²) in [6, 6.07) is 6.34. The predicted molar refractivity (Wildman–Crippen MR) is 91.7 cm³/mol. The number of benzene rings is 1. The zero-order chi connectivity index (χ0) is 14.1. The van der Waals surface area contributed by atoms with Crippen LogP contribution in [0.15, 0.2) is 22.7 Å². The number of H-pyrrole nitrogens is 1. The second kappa shape index (κ2) is 5.98. The number of aromatic nitrogens is 3. The number of hydrogen-bond acceptors (Lipinski definition) is 4. The maximum absolute atomic E-state index is 6.01. The fourth-order valence-electron chi connectivity index (χ4n) is 2.39. The molecule has 1 aromatic heterocycles. The molecule has 1 fully saturated rings. The molecule has 0 bridgehead atoms. The average molecular weight is 448 g/mol. The number of rotatable bonds is 2. The van der Waals surface area contributed by atoms with Crippen molar-refractivity contribution in [2.75, 3.05) is 18.0 Å². The standard InChI is InChI=1S/C13H15BrIN5/c14-8-3-4-11(15)10(6-8)12-17-13(19-18-12)20-5-1-2-9(16)7-20/h3-4,6,9H,1-2,5,7,16H2,(H,17,18,19). The Balaban J connectivity index is 1.88. The van der Waals surface area contributed by atoms with Crippen LogP contribution in [0.3, 0.4) is 0 Å². The second-order valence-corrected chi connectivity index (χ2v) is 7.03. The minimum Gasteiger partial charge on any atom is -0.338 e. The van der Waals surface area contributed by atoms with Crippen molar-refractivity contribution in [3.63, 3.8) is 0 Å². The topological polar surface area (TPSA) is 70.8 Å². The van der Waals surface area contributed by atoms with E-state index in [0.717, 1.165) is 51.3 Å². The molecule has 1 saturated heterocycles. The van der Waals surface area contributed by atoms with E-state index in [-0.39, 0.29) is 6.04 Å². The normalized spacial score (nSPS) is 19.4. The number of nitrogens with zero attached hydrogens (tertiary/aromatic N) is 3. The summed E-state index contributed by atoms with van der Waals surface area (Å²) in [5.74, 6) is 1.54. The summed E-state index contributed by atoms with van der Waals surface area (Å²) >= 11 is 5.80. The smallest absolute Gasteiger partial charge is 0.245 e. The highest BCUT2D eigenvalue weighted by Crippen LogP contribution is 2.27. The second-order valence-electron chi connectivity index (χ2n) is 4.96. The van der Waals surface area contributed by atoms with Crippen molar-refractivity contribution in [3.8, 4) is 11.4 Å². The van der Waals surface area contributed by atoms with Gasteiger partial charge in [-0.2, -0.15) is 4.98 Å². The van der Waals surface area contributed by atoms with Crippen LogP contribution >= 0.6 is 38.5 Å². The lowest BCUT2D eigenvalue weighted by atomic mass is 10.1. The predicted octanol–water partition coefficient (Wildman–Crippen LogP) is 2.77. The summed E-state index contributed by atoms with van der Waals surface area (Å²) in [4.78, 5) is 6.77. The maximum Gasteiger partial charge on any atom is 0.245 e. The third-order valence-corrected chi connectivity index (χ3v) is 4.83. The molecular formula is C13H15BrIN5. The van der Waals surface area contributed by atoms with Crippen molar-refractivity contribution in [1.29, 1.82) is 0 Å². The molecule has 3 rings (SSSR count). The maximum atomic E-state index is 6.01. The first-order valence-corrected chi connectivity index (χ1v) is 8.39. The molecule has 106 valence electrons. The molecule has 1 aliphatic heterocycles. The Hall–Kier alpha value is -0.670. The highest BCUT2D eigenvalue weighted by molar-refractivity contribution is 14.1. The van der Waals surface area contributed by atoms with Gasteiger partial charge in [0.25, 0.3) is 0 Å². The summed E-state index contributed by atoms with van der Waals surface area (Å²) in [7, 11) is 0. The fourth-order valence-corrected chi connectivity index (χ4v) is 3.34. The van der Waals surface area contributed by atoms with Crippen molar-refractivity contribution < 1.29 is 0 Å². The van der Waals surface area contributed by atoms with E-state index >= 15 is 0 Å². The molecule has 0 spiro atoms. The van der Waals surface area contributed by atoms with Gasteiger partial charge in [-0.3, -0.25) is 5.10 Å². The first-order valence-electron chi connectivity index (χ1n) is 6.52. The number of halogens is 2. The van der Waals surface area contributed by atoms with E-state index < -0.39 is 0 Å². The van der Waals surface area contributed by atoms with Gasteiger partial charge < -0.3 is 10.6 Å². The van der Waals surface area contributed by atoms with Gasteiger partial charge in [0.2, 0.25) is 5.95 Å². The molecular weight excluding hydrogens is 433 g/mol. The third kappa shape index (κ3) is 2.99. The van der Waals surface area contributed by atoms with Crippen molar-refractivity contribution >= 4 is 44.5 Å². The number of nitrogens with two attached hydrogens (primary N) is 1. The molecule has 20 heavy (non-hydrogen) atoms. The lowest BCUT2D eigenvalue weighted by Gasteiger charge is -2.29. The number of anilines is 1. The van der Waals surface area contributed by atoms with Gasteiger partial charge in [-0.15, -0.1) is 5.10 Å². The molecule has 1 aromatic carbocycles. The van der Waals surface area contributed by atoms with Gasteiger partial charge in [-0.1, -0.05) is 15.9 Å². The van der Waals surface area contributed by atoms with E-state index in [2.05, 4.69) is 64.7 Å². The monoisotopic (exact) mass is 447 g/mol. The van der Waals surface area contributed by atoms with Crippen LogP contribution in [0.2, 0.25) is 0 Å². The van der Waals surface area contributed by atoms with Gasteiger partial charge in [0.15, 0.2) is 5.82 Å². The summed E-state index contributed by atoms with van der Waals surface area (Å²) in [5.41, 5.74) is 7.07. The summed E-state index contributed by atoms with van der Waals surface area (Å²) in [6.45, 7) is 1.80. The molecule has 5 nitrogen and oxygen atoms in total. The van der Waals surface area contributed by atoms with Crippen molar-refractivity contribution in [3.05, 3.63) is 26.2 Å². The Morgan fingerprint density at radius 1 is 1.45 bits per heavy atom. The summed E-state index contributed by atoms with van der Waals surface area (Å²) < 4.78 is 2.18. The molecule has 2 heterocycles. The molecule has 7 heteroatoms. The van der Waals surface area contributed by atoms with E-state index in [1.807, 2.05) is 12.1 Å². The lowest BCUT2D eigenvalue weighted by molar-refractivity contribution is 0.500. The van der Waals surface area contributed by atoms with E-state index in [0.29, 0.717) is 0 Å². The van der Waals surface area contributed by atoms with E-state index in [9.17, 15) is 0 Å². The molecule has 2 aromatic rings.